The number of hydrogen-bond acceptors (Lipinski definition) is 4. The molecule has 1 N–H and O–H groups in total. The summed E-state index contributed by atoms with van der Waals surface area (Å²) in [4.78, 5) is 0.297. The molecule has 0 aliphatic rings. The molecule has 0 amide bonds. The lowest BCUT2D eigenvalue weighted by atomic mass is 10.2. The maximum atomic E-state index is 11.9. The maximum absolute atomic E-state index is 11.9. The third-order valence-electron chi connectivity index (χ3n) is 2.99. The van der Waals surface area contributed by atoms with Crippen molar-refractivity contribution < 1.29 is 16.8 Å². The third-order valence-corrected chi connectivity index (χ3v) is 6.56. The maximum Gasteiger partial charge on any atom is 0.211 e. The van der Waals surface area contributed by atoms with E-state index < -0.39 is 25.1 Å². The zero-order valence-electron chi connectivity index (χ0n) is 12.0. The van der Waals surface area contributed by atoms with Crippen molar-refractivity contribution in [3.8, 4) is 0 Å². The van der Waals surface area contributed by atoms with Crippen LogP contribution in [0.2, 0.25) is 0 Å². The lowest BCUT2D eigenvalue weighted by Crippen LogP contribution is -2.27. The Morgan fingerprint density at radius 2 is 1.60 bits per heavy atom. The van der Waals surface area contributed by atoms with Gasteiger partial charge in [0, 0.05) is 6.54 Å². The van der Waals surface area contributed by atoms with Crippen LogP contribution in [0.3, 0.4) is 0 Å². The highest BCUT2D eigenvalue weighted by molar-refractivity contribution is 7.92. The Morgan fingerprint density at radius 1 is 1.05 bits per heavy atom. The first-order chi connectivity index (χ1) is 9.19. The first-order valence-corrected chi connectivity index (χ1v) is 9.69. The predicted octanol–water partition coefficient (Wildman–Crippen LogP) is 1.35. The zero-order chi connectivity index (χ0) is 15.4. The van der Waals surface area contributed by atoms with E-state index in [-0.39, 0.29) is 5.75 Å². The van der Waals surface area contributed by atoms with Gasteiger partial charge in [0.25, 0.3) is 0 Å². The quantitative estimate of drug-likeness (QED) is 0.822. The molecule has 20 heavy (non-hydrogen) atoms. The average Bonchev–Trinajstić information content (AvgIpc) is 2.39. The summed E-state index contributed by atoms with van der Waals surface area (Å²) >= 11 is 0. The second kappa shape index (κ2) is 6.69. The molecule has 0 atom stereocenters. The van der Waals surface area contributed by atoms with Crippen LogP contribution in [0, 0.1) is 0 Å². The summed E-state index contributed by atoms with van der Waals surface area (Å²) in [6.07, 6.45) is 0.529. The minimum absolute atomic E-state index is 0.0541. The molecule has 0 radical (unpaired) electrons. The molecule has 0 unspecified atom stereocenters. The van der Waals surface area contributed by atoms with E-state index in [0.717, 1.165) is 5.56 Å². The number of hydrogen-bond donors (Lipinski definition) is 1. The summed E-state index contributed by atoms with van der Waals surface area (Å²) < 4.78 is 48.9. The topological polar surface area (TPSA) is 80.3 Å². The molecule has 0 heterocycles. The molecule has 0 fully saturated rings. The number of sulfone groups is 1. The van der Waals surface area contributed by atoms with E-state index in [1.165, 1.54) is 0 Å². The van der Waals surface area contributed by atoms with Gasteiger partial charge in [0.2, 0.25) is 10.0 Å². The second-order valence-electron chi connectivity index (χ2n) is 4.79. The molecule has 1 rings (SSSR count). The van der Waals surface area contributed by atoms with Crippen LogP contribution in [0.15, 0.2) is 29.2 Å². The molecule has 0 aliphatic carbocycles. The molecule has 0 saturated carbocycles. The van der Waals surface area contributed by atoms with Crippen LogP contribution in [0.1, 0.15) is 26.3 Å². The van der Waals surface area contributed by atoms with Gasteiger partial charge in [-0.25, -0.2) is 21.6 Å². The first kappa shape index (κ1) is 17.1. The molecule has 7 heteroatoms. The van der Waals surface area contributed by atoms with E-state index in [1.807, 2.05) is 0 Å². The van der Waals surface area contributed by atoms with E-state index in [0.29, 0.717) is 17.9 Å². The van der Waals surface area contributed by atoms with E-state index in [1.54, 1.807) is 45.0 Å². The van der Waals surface area contributed by atoms with Crippen LogP contribution < -0.4 is 4.72 Å². The van der Waals surface area contributed by atoms with Gasteiger partial charge in [0.1, 0.15) is 0 Å². The lowest BCUT2D eigenvalue weighted by Gasteiger charge is -2.09. The highest BCUT2D eigenvalue weighted by Gasteiger charge is 2.18. The lowest BCUT2D eigenvalue weighted by molar-refractivity contribution is 0.582. The number of benzene rings is 1. The van der Waals surface area contributed by atoms with Gasteiger partial charge in [-0.05, 0) is 44.9 Å². The average molecular weight is 319 g/mol. The van der Waals surface area contributed by atoms with E-state index >= 15 is 0 Å². The normalized spacial score (nSPS) is 12.8. The smallest absolute Gasteiger partial charge is 0.211 e. The van der Waals surface area contributed by atoms with Crippen LogP contribution >= 0.6 is 0 Å². The number of nitrogens with one attached hydrogen (secondary N) is 1. The van der Waals surface area contributed by atoms with E-state index in [4.69, 9.17) is 0 Å². The van der Waals surface area contributed by atoms with Crippen molar-refractivity contribution in [2.75, 3.05) is 12.3 Å². The Morgan fingerprint density at radius 3 is 2.05 bits per heavy atom. The Hall–Kier alpha value is -0.920. The Balaban J connectivity index is 2.69. The van der Waals surface area contributed by atoms with Gasteiger partial charge in [-0.2, -0.15) is 0 Å². The van der Waals surface area contributed by atoms with Gasteiger partial charge < -0.3 is 0 Å². The zero-order valence-corrected chi connectivity index (χ0v) is 13.6. The van der Waals surface area contributed by atoms with E-state index in [9.17, 15) is 16.8 Å². The van der Waals surface area contributed by atoms with Gasteiger partial charge in [-0.3, -0.25) is 0 Å². The third kappa shape index (κ3) is 4.57. The fourth-order valence-corrected chi connectivity index (χ4v) is 3.25. The second-order valence-corrected chi connectivity index (χ2v) is 9.39. The van der Waals surface area contributed by atoms with Gasteiger partial charge in [-0.1, -0.05) is 12.1 Å². The van der Waals surface area contributed by atoms with Crippen LogP contribution in [-0.4, -0.2) is 34.4 Å². The Kier molecular flexibility index (Phi) is 5.73. The molecule has 0 aliphatic heterocycles. The molecule has 5 nitrogen and oxygen atoms in total. The van der Waals surface area contributed by atoms with Crippen molar-refractivity contribution in [2.24, 2.45) is 0 Å². The van der Waals surface area contributed by atoms with Crippen molar-refractivity contribution in [1.29, 1.82) is 0 Å². The summed E-state index contributed by atoms with van der Waals surface area (Å²) in [6.45, 7) is 5.17. The van der Waals surface area contributed by atoms with Crippen molar-refractivity contribution in [3.05, 3.63) is 29.8 Å². The molecule has 0 spiro atoms. The van der Waals surface area contributed by atoms with Crippen molar-refractivity contribution in [1.82, 2.24) is 4.72 Å². The molecular weight excluding hydrogens is 298 g/mol. The van der Waals surface area contributed by atoms with Crippen LogP contribution in [-0.2, 0) is 26.3 Å². The summed E-state index contributed by atoms with van der Waals surface area (Å²) in [7, 11) is -6.43. The van der Waals surface area contributed by atoms with Gasteiger partial charge in [0.15, 0.2) is 9.84 Å². The molecule has 1 aromatic carbocycles. The van der Waals surface area contributed by atoms with Crippen LogP contribution in [0.25, 0.3) is 0 Å². The number of sulfonamides is 1. The largest absolute Gasteiger partial charge is 0.223 e. The number of rotatable bonds is 7. The van der Waals surface area contributed by atoms with Gasteiger partial charge >= 0.3 is 0 Å². The molecule has 1 aromatic rings. The minimum atomic E-state index is -3.25. The molecular formula is C13H21NO4S2. The van der Waals surface area contributed by atoms with Gasteiger partial charge in [0.05, 0.1) is 15.9 Å². The predicted molar refractivity (Wildman–Crippen MR) is 79.9 cm³/mol. The van der Waals surface area contributed by atoms with Crippen molar-refractivity contribution in [3.63, 3.8) is 0 Å². The highest BCUT2D eigenvalue weighted by Crippen LogP contribution is 2.16. The van der Waals surface area contributed by atoms with E-state index in [2.05, 4.69) is 4.72 Å². The summed E-state index contributed by atoms with van der Waals surface area (Å²) in [6, 6.07) is 6.57. The monoisotopic (exact) mass is 319 g/mol. The SMILES string of the molecule is CCS(=O)(=O)NCCc1ccc(S(=O)(=O)C(C)C)cc1. The Bertz CT molecular complexity index is 631. The highest BCUT2D eigenvalue weighted by atomic mass is 32.2. The Labute approximate surface area is 121 Å². The first-order valence-electron chi connectivity index (χ1n) is 6.49. The minimum Gasteiger partial charge on any atom is -0.223 e. The molecule has 0 saturated heterocycles. The van der Waals surface area contributed by atoms with Crippen LogP contribution in [0.5, 0.6) is 0 Å². The van der Waals surface area contributed by atoms with Crippen molar-refractivity contribution >= 4 is 19.9 Å². The molecule has 0 aromatic heterocycles. The molecule has 0 bridgehead atoms. The van der Waals surface area contributed by atoms with Crippen molar-refractivity contribution in [2.45, 2.75) is 37.3 Å². The fourth-order valence-electron chi connectivity index (χ4n) is 1.57. The van der Waals surface area contributed by atoms with Crippen LogP contribution in [0.4, 0.5) is 0 Å². The summed E-state index contributed by atoms with van der Waals surface area (Å²) in [5, 5.41) is -0.454. The molecule has 114 valence electrons. The standard InChI is InChI=1S/C13H21NO4S2/c1-4-19(15,16)14-10-9-12-5-7-13(8-6-12)20(17,18)11(2)3/h5-8,11,14H,4,9-10H2,1-3H3. The summed E-state index contributed by atoms with van der Waals surface area (Å²) in [5.74, 6) is 0.0541. The van der Waals surface area contributed by atoms with Gasteiger partial charge in [-0.15, -0.1) is 0 Å². The summed E-state index contributed by atoms with van der Waals surface area (Å²) in [5.41, 5.74) is 0.895. The fraction of sp³-hybridized carbons (Fsp3) is 0.538.